The lowest BCUT2D eigenvalue weighted by molar-refractivity contribution is -0.123. The van der Waals surface area contributed by atoms with Gasteiger partial charge in [0, 0.05) is 17.4 Å². The Morgan fingerprint density at radius 1 is 1.40 bits per heavy atom. The molecule has 5 nitrogen and oxygen atoms in total. The highest BCUT2D eigenvalue weighted by Crippen LogP contribution is 2.60. The fourth-order valence-corrected chi connectivity index (χ4v) is 4.94. The van der Waals surface area contributed by atoms with Gasteiger partial charge in [0.25, 0.3) is 0 Å². The summed E-state index contributed by atoms with van der Waals surface area (Å²) in [4.78, 5) is 12.8. The fourth-order valence-electron chi connectivity index (χ4n) is 4.64. The van der Waals surface area contributed by atoms with Gasteiger partial charge in [-0.2, -0.15) is 5.10 Å². The molecular formula is C19H22N4OS. The van der Waals surface area contributed by atoms with Crippen molar-refractivity contribution in [1.82, 2.24) is 20.1 Å². The van der Waals surface area contributed by atoms with E-state index in [-0.39, 0.29) is 17.2 Å². The summed E-state index contributed by atoms with van der Waals surface area (Å²) in [6.07, 6.45) is 6.73. The zero-order chi connectivity index (χ0) is 17.0. The molecule has 5 rings (SSSR count). The second-order valence-electron chi connectivity index (χ2n) is 7.69. The number of hydrogen-bond acceptors (Lipinski definition) is 3. The first-order chi connectivity index (χ1) is 12.2. The Morgan fingerprint density at radius 2 is 2.24 bits per heavy atom. The number of benzene rings is 1. The van der Waals surface area contributed by atoms with Gasteiger partial charge in [0.05, 0.1) is 6.54 Å². The molecule has 130 valence electrons. The highest BCUT2D eigenvalue weighted by atomic mass is 32.1. The SMILES string of the molecule is O=C(NCc1n[nH]c(=S)n1C1CC1)[C@@H]1C[C@@]12CCCc1ccccc12. The second-order valence-corrected chi connectivity index (χ2v) is 8.07. The lowest BCUT2D eigenvalue weighted by Gasteiger charge is -2.26. The lowest BCUT2D eigenvalue weighted by Crippen LogP contribution is -2.30. The van der Waals surface area contributed by atoms with Crippen LogP contribution < -0.4 is 5.32 Å². The van der Waals surface area contributed by atoms with Crippen LogP contribution in [0.2, 0.25) is 0 Å². The number of aromatic amines is 1. The van der Waals surface area contributed by atoms with Gasteiger partial charge < -0.3 is 5.32 Å². The van der Waals surface area contributed by atoms with Crippen molar-refractivity contribution in [2.45, 2.75) is 56.5 Å². The maximum absolute atomic E-state index is 12.8. The average molecular weight is 354 g/mol. The van der Waals surface area contributed by atoms with Crippen molar-refractivity contribution in [3.05, 3.63) is 46.0 Å². The van der Waals surface area contributed by atoms with Gasteiger partial charge in [0.2, 0.25) is 5.91 Å². The average Bonchev–Trinajstić information content (AvgIpc) is 3.54. The first-order valence-electron chi connectivity index (χ1n) is 9.21. The van der Waals surface area contributed by atoms with Gasteiger partial charge in [-0.25, -0.2) is 0 Å². The molecule has 3 aliphatic carbocycles. The molecule has 0 aliphatic heterocycles. The highest BCUT2D eigenvalue weighted by molar-refractivity contribution is 7.71. The van der Waals surface area contributed by atoms with E-state index in [0.29, 0.717) is 17.4 Å². The molecule has 0 saturated heterocycles. The van der Waals surface area contributed by atoms with E-state index in [1.54, 1.807) is 0 Å². The summed E-state index contributed by atoms with van der Waals surface area (Å²) in [5.74, 6) is 1.11. The third-order valence-corrected chi connectivity index (χ3v) is 6.41. The number of H-pyrrole nitrogens is 1. The smallest absolute Gasteiger partial charge is 0.224 e. The van der Waals surface area contributed by atoms with Crippen LogP contribution in [0.3, 0.4) is 0 Å². The Labute approximate surface area is 151 Å². The first-order valence-corrected chi connectivity index (χ1v) is 9.62. The Bertz CT molecular complexity index is 897. The lowest BCUT2D eigenvalue weighted by atomic mass is 9.78. The Morgan fingerprint density at radius 3 is 3.08 bits per heavy atom. The van der Waals surface area contributed by atoms with Gasteiger partial charge in [0.15, 0.2) is 10.6 Å². The van der Waals surface area contributed by atoms with Crippen LogP contribution in [0.25, 0.3) is 0 Å². The third-order valence-electron chi connectivity index (χ3n) is 6.12. The minimum Gasteiger partial charge on any atom is -0.349 e. The van der Waals surface area contributed by atoms with Crippen LogP contribution in [0.15, 0.2) is 24.3 Å². The molecule has 0 unspecified atom stereocenters. The van der Waals surface area contributed by atoms with Crippen molar-refractivity contribution < 1.29 is 4.79 Å². The monoisotopic (exact) mass is 354 g/mol. The van der Waals surface area contributed by atoms with E-state index in [2.05, 4.69) is 44.3 Å². The predicted octanol–water partition coefficient (Wildman–Crippen LogP) is 3.19. The topological polar surface area (TPSA) is 62.7 Å². The van der Waals surface area contributed by atoms with E-state index in [4.69, 9.17) is 12.2 Å². The van der Waals surface area contributed by atoms with Crippen molar-refractivity contribution in [3.63, 3.8) is 0 Å². The van der Waals surface area contributed by atoms with E-state index < -0.39 is 0 Å². The molecule has 1 amide bonds. The van der Waals surface area contributed by atoms with E-state index in [1.165, 1.54) is 17.5 Å². The zero-order valence-electron chi connectivity index (χ0n) is 14.1. The quantitative estimate of drug-likeness (QED) is 0.829. The molecule has 2 N–H and O–H groups in total. The number of nitrogens with one attached hydrogen (secondary N) is 2. The summed E-state index contributed by atoms with van der Waals surface area (Å²) in [5.41, 5.74) is 2.92. The van der Waals surface area contributed by atoms with Crippen LogP contribution >= 0.6 is 12.2 Å². The van der Waals surface area contributed by atoms with Crippen molar-refractivity contribution in [2.24, 2.45) is 5.92 Å². The fraction of sp³-hybridized carbons (Fsp3) is 0.526. The Balaban J connectivity index is 1.30. The molecule has 0 bridgehead atoms. The van der Waals surface area contributed by atoms with Crippen molar-refractivity contribution in [2.75, 3.05) is 0 Å². The summed E-state index contributed by atoms with van der Waals surface area (Å²) < 4.78 is 2.73. The van der Waals surface area contributed by atoms with Crippen LogP contribution in [0.1, 0.15) is 55.1 Å². The number of rotatable bonds is 4. The molecule has 2 aromatic rings. The summed E-state index contributed by atoms with van der Waals surface area (Å²) in [6.45, 7) is 0.455. The summed E-state index contributed by atoms with van der Waals surface area (Å²) in [5, 5.41) is 10.3. The van der Waals surface area contributed by atoms with Gasteiger partial charge in [-0.05, 0) is 61.9 Å². The summed E-state index contributed by atoms with van der Waals surface area (Å²) >= 11 is 5.31. The van der Waals surface area contributed by atoms with Gasteiger partial charge in [-0.15, -0.1) is 0 Å². The van der Waals surface area contributed by atoms with Gasteiger partial charge in [0.1, 0.15) is 0 Å². The van der Waals surface area contributed by atoms with Crippen molar-refractivity contribution in [3.8, 4) is 0 Å². The van der Waals surface area contributed by atoms with Crippen LogP contribution in [-0.2, 0) is 23.2 Å². The van der Waals surface area contributed by atoms with Gasteiger partial charge in [-0.3, -0.25) is 14.5 Å². The number of aryl methyl sites for hydroxylation is 1. The van der Waals surface area contributed by atoms with Crippen LogP contribution in [0.5, 0.6) is 0 Å². The first kappa shape index (κ1) is 15.3. The maximum atomic E-state index is 12.8. The highest BCUT2D eigenvalue weighted by Gasteiger charge is 2.59. The molecule has 3 aliphatic rings. The number of aromatic nitrogens is 3. The van der Waals surface area contributed by atoms with Crippen molar-refractivity contribution >= 4 is 18.1 Å². The predicted molar refractivity (Wildman–Crippen MR) is 96.7 cm³/mol. The molecule has 2 saturated carbocycles. The number of nitrogens with zero attached hydrogens (tertiary/aromatic N) is 2. The third kappa shape index (κ3) is 2.46. The number of carbonyl (C=O) groups is 1. The van der Waals surface area contributed by atoms with Crippen LogP contribution in [0, 0.1) is 10.7 Å². The minimum atomic E-state index is 0.0835. The largest absolute Gasteiger partial charge is 0.349 e. The van der Waals surface area contributed by atoms with E-state index in [1.807, 2.05) is 0 Å². The standard InChI is InChI=1S/C19H22N4OS/c24-17(20-11-16-21-22-18(25)23(16)13-7-8-13)15-10-19(15)9-3-5-12-4-1-2-6-14(12)19/h1-2,4,6,13,15H,3,5,7-11H2,(H,20,24)(H,22,25)/t15-,19+/m0/s1. The van der Waals surface area contributed by atoms with Gasteiger partial charge in [-0.1, -0.05) is 24.3 Å². The van der Waals surface area contributed by atoms with Crippen LogP contribution in [0.4, 0.5) is 0 Å². The molecule has 0 radical (unpaired) electrons. The molecule has 2 fully saturated rings. The molecular weight excluding hydrogens is 332 g/mol. The Kier molecular flexibility index (Phi) is 3.39. The zero-order valence-corrected chi connectivity index (χ0v) is 14.9. The van der Waals surface area contributed by atoms with E-state index in [9.17, 15) is 4.79 Å². The van der Waals surface area contributed by atoms with E-state index >= 15 is 0 Å². The second kappa shape index (κ2) is 5.53. The molecule has 2 atom stereocenters. The summed E-state index contributed by atoms with van der Waals surface area (Å²) in [7, 11) is 0. The number of amides is 1. The molecule has 6 heteroatoms. The van der Waals surface area contributed by atoms with Crippen LogP contribution in [-0.4, -0.2) is 20.7 Å². The Hall–Kier alpha value is -1.95. The van der Waals surface area contributed by atoms with E-state index in [0.717, 1.165) is 37.9 Å². The number of carbonyl (C=O) groups excluding carboxylic acids is 1. The molecule has 1 spiro atoms. The number of hydrogen-bond donors (Lipinski definition) is 2. The molecule has 1 aromatic carbocycles. The molecule has 25 heavy (non-hydrogen) atoms. The number of fused-ring (bicyclic) bond motifs is 2. The maximum Gasteiger partial charge on any atom is 0.224 e. The molecule has 1 aromatic heterocycles. The summed E-state index contributed by atoms with van der Waals surface area (Å²) in [6, 6.07) is 9.12. The molecule has 1 heterocycles. The minimum absolute atomic E-state index is 0.0835. The normalized spacial score (nSPS) is 27.1. The van der Waals surface area contributed by atoms with Gasteiger partial charge >= 0.3 is 0 Å². The van der Waals surface area contributed by atoms with Crippen molar-refractivity contribution in [1.29, 1.82) is 0 Å².